The summed E-state index contributed by atoms with van der Waals surface area (Å²) in [6.45, 7) is 8.75. The molecular formula is C24H33NO3. The highest BCUT2D eigenvalue weighted by molar-refractivity contribution is 5.81. The van der Waals surface area contributed by atoms with Crippen LogP contribution in [0, 0.1) is 0 Å². The maximum Gasteiger partial charge on any atom is 0.261 e. The van der Waals surface area contributed by atoms with Crippen LogP contribution in [0.2, 0.25) is 0 Å². The molecule has 4 heteroatoms. The van der Waals surface area contributed by atoms with Gasteiger partial charge in [0.2, 0.25) is 0 Å². The molecule has 1 atom stereocenters. The number of rotatable bonds is 11. The molecule has 0 aromatic heterocycles. The Balaban J connectivity index is 1.73. The maximum atomic E-state index is 12.4. The summed E-state index contributed by atoms with van der Waals surface area (Å²) in [5.74, 6) is 1.58. The lowest BCUT2D eigenvalue weighted by molar-refractivity contribution is -0.128. The predicted molar refractivity (Wildman–Crippen MR) is 114 cm³/mol. The molecule has 2 aromatic rings. The normalized spacial score (nSPS) is 11.9. The van der Waals surface area contributed by atoms with Crippen molar-refractivity contribution < 1.29 is 14.3 Å². The van der Waals surface area contributed by atoms with Crippen molar-refractivity contribution in [3.63, 3.8) is 0 Å². The van der Waals surface area contributed by atoms with Crippen LogP contribution in [-0.4, -0.2) is 24.7 Å². The van der Waals surface area contributed by atoms with Crippen molar-refractivity contribution in [3.8, 4) is 11.5 Å². The maximum absolute atomic E-state index is 12.4. The van der Waals surface area contributed by atoms with Gasteiger partial charge in [0.25, 0.3) is 5.91 Å². The van der Waals surface area contributed by atoms with Gasteiger partial charge in [-0.3, -0.25) is 4.79 Å². The van der Waals surface area contributed by atoms with E-state index in [0.717, 1.165) is 30.8 Å². The summed E-state index contributed by atoms with van der Waals surface area (Å²) >= 11 is 0. The first-order valence-electron chi connectivity index (χ1n) is 10.3. The lowest BCUT2D eigenvalue weighted by Gasteiger charge is -2.17. The Kier molecular flexibility index (Phi) is 8.86. The smallest absolute Gasteiger partial charge is 0.261 e. The third-order valence-corrected chi connectivity index (χ3v) is 4.51. The van der Waals surface area contributed by atoms with Gasteiger partial charge >= 0.3 is 0 Å². The van der Waals surface area contributed by atoms with Crippen LogP contribution >= 0.6 is 0 Å². The summed E-state index contributed by atoms with van der Waals surface area (Å²) < 4.78 is 11.5. The molecule has 0 aliphatic heterocycles. The van der Waals surface area contributed by atoms with Gasteiger partial charge in [0.05, 0.1) is 6.10 Å². The molecule has 0 unspecified atom stereocenters. The molecule has 4 nitrogen and oxygen atoms in total. The van der Waals surface area contributed by atoms with Crippen LogP contribution in [0.15, 0.2) is 48.5 Å². The second-order valence-electron chi connectivity index (χ2n) is 7.22. The minimum Gasteiger partial charge on any atom is -0.491 e. The first kappa shape index (κ1) is 21.8. The molecule has 2 aromatic carbocycles. The van der Waals surface area contributed by atoms with E-state index in [-0.39, 0.29) is 12.0 Å². The second-order valence-corrected chi connectivity index (χ2v) is 7.22. The number of hydrogen-bond acceptors (Lipinski definition) is 3. The number of hydrogen-bond donors (Lipinski definition) is 1. The van der Waals surface area contributed by atoms with Crippen molar-refractivity contribution in [2.24, 2.45) is 0 Å². The Hall–Kier alpha value is -2.49. The van der Waals surface area contributed by atoms with Gasteiger partial charge in [-0.15, -0.1) is 0 Å². The van der Waals surface area contributed by atoms with E-state index < -0.39 is 6.10 Å². The zero-order valence-corrected chi connectivity index (χ0v) is 17.5. The average molecular weight is 384 g/mol. The number of carbonyl (C=O) groups excluding carboxylic acids is 1. The van der Waals surface area contributed by atoms with Crippen LogP contribution in [0.1, 0.15) is 51.7 Å². The Labute approximate surface area is 169 Å². The number of benzene rings is 2. The topological polar surface area (TPSA) is 47.6 Å². The number of ether oxygens (including phenoxy) is 2. The highest BCUT2D eigenvalue weighted by Gasteiger charge is 2.17. The Morgan fingerprint density at radius 1 is 0.893 bits per heavy atom. The van der Waals surface area contributed by atoms with Crippen LogP contribution in [-0.2, 0) is 17.6 Å². The number of nitrogens with one attached hydrogen (secondary N) is 1. The van der Waals surface area contributed by atoms with Gasteiger partial charge in [-0.1, -0.05) is 38.1 Å². The van der Waals surface area contributed by atoms with E-state index in [4.69, 9.17) is 9.47 Å². The monoisotopic (exact) mass is 383 g/mol. The molecule has 1 N–H and O–H groups in total. The van der Waals surface area contributed by atoms with Crippen molar-refractivity contribution >= 4 is 5.91 Å². The predicted octanol–water partition coefficient (Wildman–Crippen LogP) is 4.94. The van der Waals surface area contributed by atoms with E-state index in [1.54, 1.807) is 0 Å². The molecule has 2 rings (SSSR count). The summed E-state index contributed by atoms with van der Waals surface area (Å²) in [6, 6.07) is 16.1. The molecule has 1 amide bonds. The third kappa shape index (κ3) is 7.26. The van der Waals surface area contributed by atoms with Gasteiger partial charge in [0, 0.05) is 6.54 Å². The standard InChI is InChI=1S/C24H33NO3/c1-5-19-9-13-22(14-10-19)28-23(6-2)24(26)25-17-7-8-20-11-15-21(16-12-20)27-18(3)4/h9-16,18,23H,5-8,17H2,1-4H3,(H,25,26)/t23-/m1/s1. The number of aryl methyl sites for hydroxylation is 2. The van der Waals surface area contributed by atoms with Crippen molar-refractivity contribution in [3.05, 3.63) is 59.7 Å². The zero-order valence-electron chi connectivity index (χ0n) is 17.5. The van der Waals surface area contributed by atoms with Crippen LogP contribution in [0.3, 0.4) is 0 Å². The summed E-state index contributed by atoms with van der Waals surface area (Å²) in [6.07, 6.45) is 3.15. The van der Waals surface area contributed by atoms with Gasteiger partial charge in [-0.25, -0.2) is 0 Å². The third-order valence-electron chi connectivity index (χ3n) is 4.51. The van der Waals surface area contributed by atoms with Crippen LogP contribution in [0.4, 0.5) is 0 Å². The van der Waals surface area contributed by atoms with E-state index in [9.17, 15) is 4.79 Å². The largest absolute Gasteiger partial charge is 0.491 e. The lowest BCUT2D eigenvalue weighted by Crippen LogP contribution is -2.38. The summed E-state index contributed by atoms with van der Waals surface area (Å²) in [7, 11) is 0. The van der Waals surface area contributed by atoms with E-state index in [2.05, 4.69) is 24.4 Å². The van der Waals surface area contributed by atoms with Gasteiger partial charge in [0.1, 0.15) is 11.5 Å². The molecule has 152 valence electrons. The van der Waals surface area contributed by atoms with Gasteiger partial charge < -0.3 is 14.8 Å². The zero-order chi connectivity index (χ0) is 20.4. The van der Waals surface area contributed by atoms with Crippen molar-refractivity contribution in [1.82, 2.24) is 5.32 Å². The van der Waals surface area contributed by atoms with Gasteiger partial charge in [-0.2, -0.15) is 0 Å². The Morgan fingerprint density at radius 2 is 1.46 bits per heavy atom. The molecule has 0 bridgehead atoms. The van der Waals surface area contributed by atoms with Crippen molar-refractivity contribution in [2.75, 3.05) is 6.54 Å². The molecule has 0 aliphatic carbocycles. The van der Waals surface area contributed by atoms with Crippen LogP contribution in [0.5, 0.6) is 11.5 Å². The molecular weight excluding hydrogens is 350 g/mol. The van der Waals surface area contributed by atoms with Gasteiger partial charge in [-0.05, 0) is 74.9 Å². The summed E-state index contributed by atoms with van der Waals surface area (Å²) in [5.41, 5.74) is 2.50. The molecule has 0 saturated carbocycles. The minimum absolute atomic E-state index is 0.0530. The van der Waals surface area contributed by atoms with E-state index in [0.29, 0.717) is 13.0 Å². The summed E-state index contributed by atoms with van der Waals surface area (Å²) in [4.78, 5) is 12.4. The van der Waals surface area contributed by atoms with Crippen LogP contribution in [0.25, 0.3) is 0 Å². The molecule has 28 heavy (non-hydrogen) atoms. The second kappa shape index (κ2) is 11.4. The molecule has 0 fully saturated rings. The Morgan fingerprint density at radius 3 is 2.00 bits per heavy atom. The van der Waals surface area contributed by atoms with Crippen molar-refractivity contribution in [1.29, 1.82) is 0 Å². The lowest BCUT2D eigenvalue weighted by atomic mass is 10.1. The number of amides is 1. The van der Waals surface area contributed by atoms with E-state index in [1.165, 1.54) is 11.1 Å². The van der Waals surface area contributed by atoms with Gasteiger partial charge in [0.15, 0.2) is 6.10 Å². The molecule has 0 heterocycles. The highest BCUT2D eigenvalue weighted by atomic mass is 16.5. The molecule has 0 radical (unpaired) electrons. The fourth-order valence-corrected chi connectivity index (χ4v) is 2.92. The minimum atomic E-state index is -0.458. The Bertz CT molecular complexity index is 708. The fourth-order valence-electron chi connectivity index (χ4n) is 2.92. The highest BCUT2D eigenvalue weighted by Crippen LogP contribution is 2.16. The first-order valence-corrected chi connectivity index (χ1v) is 10.3. The first-order chi connectivity index (χ1) is 13.5. The molecule has 0 spiro atoms. The SMILES string of the molecule is CCc1ccc(O[C@H](CC)C(=O)NCCCc2ccc(OC(C)C)cc2)cc1. The molecule has 0 aliphatic rings. The quantitative estimate of drug-likeness (QED) is 0.559. The van der Waals surface area contributed by atoms with Crippen molar-refractivity contribution in [2.45, 2.75) is 65.6 Å². The fraction of sp³-hybridized carbons (Fsp3) is 0.458. The van der Waals surface area contributed by atoms with Crippen LogP contribution < -0.4 is 14.8 Å². The average Bonchev–Trinajstić information content (AvgIpc) is 2.70. The van der Waals surface area contributed by atoms with E-state index in [1.807, 2.05) is 57.2 Å². The van der Waals surface area contributed by atoms with E-state index >= 15 is 0 Å². The molecule has 0 saturated heterocycles. The number of carbonyl (C=O) groups is 1. The summed E-state index contributed by atoms with van der Waals surface area (Å²) in [5, 5.41) is 3.00.